The molecule has 1 heterocycles. The molecule has 0 radical (unpaired) electrons. The lowest BCUT2D eigenvalue weighted by atomic mass is 9.71. The van der Waals surface area contributed by atoms with Crippen molar-refractivity contribution in [3.8, 4) is 0 Å². The zero-order valence-corrected chi connectivity index (χ0v) is 14.1. The summed E-state index contributed by atoms with van der Waals surface area (Å²) < 4.78 is 38.7. The highest BCUT2D eigenvalue weighted by atomic mass is 19.4. The molecule has 1 saturated heterocycles. The second kappa shape index (κ2) is 6.96. The van der Waals surface area contributed by atoms with E-state index in [1.165, 1.54) is 0 Å². The molecule has 24 heavy (non-hydrogen) atoms. The summed E-state index contributed by atoms with van der Waals surface area (Å²) in [6.45, 7) is 1.45. The molecular weight excluding hydrogens is 317 g/mol. The summed E-state index contributed by atoms with van der Waals surface area (Å²) in [5.74, 6) is -1.27. The van der Waals surface area contributed by atoms with Gasteiger partial charge in [-0.25, -0.2) is 4.79 Å². The molecule has 3 nitrogen and oxygen atoms in total. The Morgan fingerprint density at radius 3 is 2.71 bits per heavy atom. The Morgan fingerprint density at radius 1 is 1.17 bits per heavy atom. The number of hydrogen-bond donors (Lipinski definition) is 1. The third-order valence-electron chi connectivity index (χ3n) is 5.97. The van der Waals surface area contributed by atoms with Crippen LogP contribution >= 0.6 is 0 Å². The number of carbonyl (C=O) groups excluding carboxylic acids is 1. The Morgan fingerprint density at radius 2 is 2.00 bits per heavy atom. The lowest BCUT2D eigenvalue weighted by Gasteiger charge is -2.44. The van der Waals surface area contributed by atoms with Gasteiger partial charge < -0.3 is 10.2 Å². The van der Waals surface area contributed by atoms with Crippen LogP contribution < -0.4 is 5.32 Å². The summed E-state index contributed by atoms with van der Waals surface area (Å²) in [6, 6.07) is -0.515. The van der Waals surface area contributed by atoms with E-state index < -0.39 is 12.1 Å². The van der Waals surface area contributed by atoms with Crippen molar-refractivity contribution < 1.29 is 18.0 Å². The highest BCUT2D eigenvalue weighted by molar-refractivity contribution is 5.74. The molecule has 1 saturated carbocycles. The topological polar surface area (TPSA) is 32.3 Å². The number of rotatable bonds is 1. The fourth-order valence-electron chi connectivity index (χ4n) is 4.58. The van der Waals surface area contributed by atoms with Gasteiger partial charge in [-0.05, 0) is 56.8 Å². The molecule has 6 heteroatoms. The molecule has 0 bridgehead atoms. The number of nitrogens with zero attached hydrogens (tertiary/aromatic N) is 1. The molecule has 2 fully saturated rings. The average molecular weight is 344 g/mol. The van der Waals surface area contributed by atoms with Crippen molar-refractivity contribution in [2.45, 2.75) is 70.0 Å². The maximum Gasteiger partial charge on any atom is 0.391 e. The van der Waals surface area contributed by atoms with Crippen LogP contribution in [0.4, 0.5) is 18.0 Å². The largest absolute Gasteiger partial charge is 0.391 e. The van der Waals surface area contributed by atoms with Gasteiger partial charge in [-0.1, -0.05) is 18.6 Å². The van der Waals surface area contributed by atoms with Crippen LogP contribution in [0, 0.1) is 11.3 Å². The monoisotopic (exact) mass is 344 g/mol. The zero-order chi connectivity index (χ0) is 17.2. The molecule has 3 atom stereocenters. The summed E-state index contributed by atoms with van der Waals surface area (Å²) in [4.78, 5) is 14.4. The number of halogens is 3. The molecule has 2 aliphatic carbocycles. The van der Waals surface area contributed by atoms with Gasteiger partial charge in [0.15, 0.2) is 0 Å². The SMILES string of the molecule is O=C(N[C@@H]1CCC[C@@H](C(F)(F)F)C1)N1CCC[C@@]2(CC=CCC2)C1. The highest BCUT2D eigenvalue weighted by Gasteiger charge is 2.43. The molecule has 0 aromatic rings. The van der Waals surface area contributed by atoms with Crippen LogP contribution in [0.5, 0.6) is 0 Å². The number of piperidine rings is 1. The van der Waals surface area contributed by atoms with Gasteiger partial charge in [-0.3, -0.25) is 0 Å². The molecule has 1 aliphatic heterocycles. The van der Waals surface area contributed by atoms with Crippen molar-refractivity contribution in [1.29, 1.82) is 0 Å². The van der Waals surface area contributed by atoms with Gasteiger partial charge in [0.05, 0.1) is 5.92 Å². The van der Waals surface area contributed by atoms with Gasteiger partial charge >= 0.3 is 12.2 Å². The Bertz CT molecular complexity index is 491. The maximum atomic E-state index is 12.9. The lowest BCUT2D eigenvalue weighted by molar-refractivity contribution is -0.183. The van der Waals surface area contributed by atoms with Gasteiger partial charge in [0.25, 0.3) is 0 Å². The fourth-order valence-corrected chi connectivity index (χ4v) is 4.58. The zero-order valence-electron chi connectivity index (χ0n) is 14.1. The number of alkyl halides is 3. The van der Waals surface area contributed by atoms with Gasteiger partial charge in [0.2, 0.25) is 0 Å². The molecular formula is C18H27F3N2O. The van der Waals surface area contributed by atoms with Gasteiger partial charge in [-0.15, -0.1) is 0 Å². The number of carbonyl (C=O) groups is 1. The van der Waals surface area contributed by atoms with Gasteiger partial charge in [0.1, 0.15) is 0 Å². The normalized spacial score (nSPS) is 34.4. The second-order valence-electron chi connectivity index (χ2n) is 7.79. The van der Waals surface area contributed by atoms with Crippen molar-refractivity contribution in [3.63, 3.8) is 0 Å². The number of hydrogen-bond acceptors (Lipinski definition) is 1. The average Bonchev–Trinajstić information content (AvgIpc) is 2.55. The van der Waals surface area contributed by atoms with Crippen LogP contribution in [0.25, 0.3) is 0 Å². The molecule has 0 unspecified atom stereocenters. The smallest absolute Gasteiger partial charge is 0.335 e. The minimum atomic E-state index is -4.15. The van der Waals surface area contributed by atoms with E-state index in [0.717, 1.165) is 38.6 Å². The Hall–Kier alpha value is -1.20. The van der Waals surface area contributed by atoms with E-state index in [-0.39, 0.29) is 30.3 Å². The highest BCUT2D eigenvalue weighted by Crippen LogP contribution is 2.41. The molecule has 136 valence electrons. The molecule has 0 aromatic heterocycles. The Kier molecular flexibility index (Phi) is 5.11. The molecule has 3 aliphatic rings. The first-order valence-electron chi connectivity index (χ1n) is 9.15. The predicted molar refractivity (Wildman–Crippen MR) is 86.6 cm³/mol. The van der Waals surface area contributed by atoms with Crippen molar-refractivity contribution >= 4 is 6.03 Å². The van der Waals surface area contributed by atoms with Gasteiger partial charge in [-0.2, -0.15) is 13.2 Å². The second-order valence-corrected chi connectivity index (χ2v) is 7.79. The number of urea groups is 1. The molecule has 3 rings (SSSR count). The summed E-state index contributed by atoms with van der Waals surface area (Å²) in [6.07, 6.45) is 6.96. The van der Waals surface area contributed by atoms with E-state index in [9.17, 15) is 18.0 Å². The van der Waals surface area contributed by atoms with Crippen molar-refractivity contribution in [2.24, 2.45) is 11.3 Å². The first kappa shape index (κ1) is 17.6. The standard InChI is InChI=1S/C18H27F3N2O/c19-18(20,21)14-6-4-7-15(12-14)22-16(24)23-11-5-10-17(13-23)8-2-1-3-9-17/h1-2,14-15H,3-13H2,(H,22,24)/t14-,15-,17+/m1/s1. The van der Waals surface area contributed by atoms with E-state index in [1.807, 2.05) is 4.90 Å². The maximum absolute atomic E-state index is 12.9. The van der Waals surface area contributed by atoms with Crippen molar-refractivity contribution in [2.75, 3.05) is 13.1 Å². The van der Waals surface area contributed by atoms with Crippen molar-refractivity contribution in [3.05, 3.63) is 12.2 Å². The first-order valence-corrected chi connectivity index (χ1v) is 9.15. The van der Waals surface area contributed by atoms with Crippen LogP contribution in [0.1, 0.15) is 57.8 Å². The first-order chi connectivity index (χ1) is 11.4. The number of likely N-dealkylation sites (tertiary alicyclic amines) is 1. The van der Waals surface area contributed by atoms with E-state index in [1.54, 1.807) is 0 Å². The molecule has 0 aromatic carbocycles. The number of amides is 2. The van der Waals surface area contributed by atoms with E-state index in [0.29, 0.717) is 19.4 Å². The van der Waals surface area contributed by atoms with E-state index >= 15 is 0 Å². The summed E-state index contributed by atoms with van der Waals surface area (Å²) in [5.41, 5.74) is 0.186. The number of nitrogens with one attached hydrogen (secondary N) is 1. The quantitative estimate of drug-likeness (QED) is 0.691. The van der Waals surface area contributed by atoms with E-state index in [2.05, 4.69) is 17.5 Å². The van der Waals surface area contributed by atoms with Gasteiger partial charge in [0, 0.05) is 19.1 Å². The summed E-state index contributed by atoms with van der Waals surface area (Å²) in [7, 11) is 0. The lowest BCUT2D eigenvalue weighted by Crippen LogP contribution is -2.53. The summed E-state index contributed by atoms with van der Waals surface area (Å²) in [5, 5.41) is 2.88. The Labute approximate surface area is 141 Å². The minimum Gasteiger partial charge on any atom is -0.335 e. The van der Waals surface area contributed by atoms with Crippen molar-refractivity contribution in [1.82, 2.24) is 10.2 Å². The van der Waals surface area contributed by atoms with E-state index in [4.69, 9.17) is 0 Å². The summed E-state index contributed by atoms with van der Waals surface area (Å²) >= 11 is 0. The molecule has 1 spiro atoms. The minimum absolute atomic E-state index is 0.0248. The fraction of sp³-hybridized carbons (Fsp3) is 0.833. The van der Waals surface area contributed by atoms with Crippen LogP contribution in [-0.2, 0) is 0 Å². The number of allylic oxidation sites excluding steroid dienone is 2. The van der Waals surface area contributed by atoms with Crippen LogP contribution in [0.3, 0.4) is 0 Å². The third kappa shape index (κ3) is 4.06. The molecule has 2 amide bonds. The predicted octanol–water partition coefficient (Wildman–Crippen LogP) is 4.64. The Balaban J connectivity index is 1.55. The van der Waals surface area contributed by atoms with Crippen LogP contribution in [0.15, 0.2) is 12.2 Å². The third-order valence-corrected chi connectivity index (χ3v) is 5.97. The molecule has 1 N–H and O–H groups in total. The van der Waals surface area contributed by atoms with Crippen LogP contribution in [-0.4, -0.2) is 36.2 Å². The van der Waals surface area contributed by atoms with Crippen LogP contribution in [0.2, 0.25) is 0 Å².